The van der Waals surface area contributed by atoms with Crippen LogP contribution < -0.4 is 15.8 Å². The van der Waals surface area contributed by atoms with Gasteiger partial charge in [0.1, 0.15) is 0 Å². The van der Waals surface area contributed by atoms with Crippen LogP contribution >= 0.6 is 0 Å². The maximum absolute atomic E-state index is 13.4. The Balaban J connectivity index is 1.89. The van der Waals surface area contributed by atoms with Crippen molar-refractivity contribution >= 4 is 11.6 Å². The molecule has 0 atom stereocenters. The number of nitrogens with zero attached hydrogens (tertiary/aromatic N) is 2. The van der Waals surface area contributed by atoms with Crippen molar-refractivity contribution in [1.29, 1.82) is 0 Å². The molecule has 0 bridgehead atoms. The number of aromatic nitrogens is 1. The number of carbonyl (C=O) groups excluding carboxylic acids is 1. The first kappa shape index (κ1) is 27.0. The summed E-state index contributed by atoms with van der Waals surface area (Å²) in [5, 5.41) is 3.02. The quantitative estimate of drug-likeness (QED) is 0.555. The van der Waals surface area contributed by atoms with Gasteiger partial charge in [0.05, 0.1) is 0 Å². The van der Waals surface area contributed by atoms with Crippen molar-refractivity contribution in [3.05, 3.63) is 62.1 Å². The number of amides is 1. The minimum absolute atomic E-state index is 0.127. The average Bonchev–Trinajstić information content (AvgIpc) is 2.79. The number of aromatic amines is 1. The molecular weight excluding hydrogens is 436 g/mol. The van der Waals surface area contributed by atoms with E-state index >= 15 is 0 Å². The molecule has 2 aromatic rings. The Hall–Kier alpha value is -2.60. The van der Waals surface area contributed by atoms with Crippen LogP contribution in [0.5, 0.6) is 0 Å². The Morgan fingerprint density at radius 2 is 1.69 bits per heavy atom. The summed E-state index contributed by atoms with van der Waals surface area (Å²) >= 11 is 0. The van der Waals surface area contributed by atoms with Gasteiger partial charge in [0.25, 0.3) is 11.5 Å². The van der Waals surface area contributed by atoms with Gasteiger partial charge < -0.3 is 20.1 Å². The molecule has 0 unspecified atom stereocenters. The summed E-state index contributed by atoms with van der Waals surface area (Å²) in [6.07, 6.45) is 4.74. The molecule has 2 N–H and O–H groups in total. The van der Waals surface area contributed by atoms with Gasteiger partial charge >= 0.3 is 0 Å². The van der Waals surface area contributed by atoms with Crippen LogP contribution in [0.15, 0.2) is 23.0 Å². The highest BCUT2D eigenvalue weighted by atomic mass is 16.1. The van der Waals surface area contributed by atoms with Crippen LogP contribution in [0.1, 0.15) is 90.7 Å². The number of carbonyl (C=O) groups is 1. The molecule has 0 aliphatic heterocycles. The minimum Gasteiger partial charge on any atom is -0.369 e. The van der Waals surface area contributed by atoms with E-state index in [9.17, 15) is 9.59 Å². The number of pyridine rings is 1. The van der Waals surface area contributed by atoms with Crippen LogP contribution in [0.4, 0.5) is 5.69 Å². The van der Waals surface area contributed by atoms with Gasteiger partial charge in [0.2, 0.25) is 0 Å². The molecule has 6 heteroatoms. The third-order valence-corrected chi connectivity index (χ3v) is 7.72. The van der Waals surface area contributed by atoms with Gasteiger partial charge in [-0.25, -0.2) is 0 Å². The van der Waals surface area contributed by atoms with Crippen LogP contribution in [-0.4, -0.2) is 48.5 Å². The Bertz CT molecular complexity index is 1090. The fourth-order valence-electron chi connectivity index (χ4n) is 5.46. The lowest BCUT2D eigenvalue weighted by molar-refractivity contribution is 0.0950. The van der Waals surface area contributed by atoms with E-state index in [1.54, 1.807) is 0 Å². The number of aryl methyl sites for hydroxylation is 2. The Kier molecular flexibility index (Phi) is 8.81. The first-order valence-electron chi connectivity index (χ1n) is 13.1. The number of anilines is 1. The van der Waals surface area contributed by atoms with E-state index in [-0.39, 0.29) is 18.0 Å². The van der Waals surface area contributed by atoms with Gasteiger partial charge in [-0.3, -0.25) is 9.59 Å². The zero-order valence-corrected chi connectivity index (χ0v) is 22.9. The van der Waals surface area contributed by atoms with Crippen molar-refractivity contribution in [2.24, 2.45) is 0 Å². The highest BCUT2D eigenvalue weighted by Crippen LogP contribution is 2.34. The third kappa shape index (κ3) is 6.16. The third-order valence-electron chi connectivity index (χ3n) is 7.72. The molecule has 0 radical (unpaired) electrons. The minimum atomic E-state index is -0.137. The highest BCUT2D eigenvalue weighted by Gasteiger charge is 2.28. The van der Waals surface area contributed by atoms with E-state index in [4.69, 9.17) is 0 Å². The zero-order chi connectivity index (χ0) is 25.9. The number of nitrogens with one attached hydrogen (secondary N) is 2. The van der Waals surface area contributed by atoms with Crippen molar-refractivity contribution in [2.45, 2.75) is 91.8 Å². The largest absolute Gasteiger partial charge is 0.369 e. The van der Waals surface area contributed by atoms with E-state index in [1.807, 2.05) is 26.0 Å². The standard InChI is InChI=1S/C29H44N4O2/c1-9-33(24-12-10-23(11-13-24)32(7)8)27-16-22(18(2)3)15-25(21(27)6)28(34)30-17-26-19(4)14-20(5)31-29(26)35/h14-16,18,23-24H,9-13,17H2,1-8H3,(H,30,34)(H,31,35)/t23-,24-. The fourth-order valence-corrected chi connectivity index (χ4v) is 5.46. The Morgan fingerprint density at radius 1 is 1.06 bits per heavy atom. The van der Waals surface area contributed by atoms with E-state index in [1.165, 1.54) is 36.9 Å². The molecule has 6 nitrogen and oxygen atoms in total. The summed E-state index contributed by atoms with van der Waals surface area (Å²) < 4.78 is 0. The molecule has 1 aliphatic carbocycles. The van der Waals surface area contributed by atoms with Gasteiger partial charge in [-0.1, -0.05) is 13.8 Å². The van der Waals surface area contributed by atoms with E-state index in [0.29, 0.717) is 29.1 Å². The molecule has 192 valence electrons. The second kappa shape index (κ2) is 11.4. The average molecular weight is 481 g/mol. The topological polar surface area (TPSA) is 68.4 Å². The number of hydrogen-bond donors (Lipinski definition) is 2. The molecule has 1 fully saturated rings. The summed E-state index contributed by atoms with van der Waals surface area (Å²) in [7, 11) is 4.35. The molecule has 1 amide bonds. The number of rotatable bonds is 8. The zero-order valence-electron chi connectivity index (χ0n) is 22.9. The molecule has 1 saturated carbocycles. The molecule has 0 spiro atoms. The Labute approximate surface area is 211 Å². The number of H-pyrrole nitrogens is 1. The van der Waals surface area contributed by atoms with Crippen LogP contribution in [0.25, 0.3) is 0 Å². The molecule has 1 aliphatic rings. The van der Waals surface area contributed by atoms with E-state index in [2.05, 4.69) is 68.0 Å². The summed E-state index contributed by atoms with van der Waals surface area (Å²) in [5.41, 5.74) is 6.24. The fraction of sp³-hybridized carbons (Fsp3) is 0.586. The Morgan fingerprint density at radius 3 is 2.23 bits per heavy atom. The SMILES string of the molecule is CCN(c1cc(C(C)C)cc(C(=O)NCc2c(C)cc(C)[nH]c2=O)c1C)[C@H]1CC[C@H](N(C)C)CC1. The summed E-state index contributed by atoms with van der Waals surface area (Å²) in [6, 6.07) is 7.40. The molecule has 3 rings (SSSR count). The van der Waals surface area contributed by atoms with Gasteiger partial charge in [-0.05, 0) is 108 Å². The van der Waals surface area contributed by atoms with Gasteiger partial charge in [-0.2, -0.15) is 0 Å². The maximum Gasteiger partial charge on any atom is 0.253 e. The van der Waals surface area contributed by atoms with Gasteiger partial charge in [0, 0.05) is 47.7 Å². The van der Waals surface area contributed by atoms with Crippen molar-refractivity contribution in [3.8, 4) is 0 Å². The lowest BCUT2D eigenvalue weighted by Crippen LogP contribution is -2.42. The van der Waals surface area contributed by atoms with Crippen LogP contribution in [0, 0.1) is 20.8 Å². The van der Waals surface area contributed by atoms with Crippen LogP contribution in [-0.2, 0) is 6.54 Å². The predicted octanol–water partition coefficient (Wildman–Crippen LogP) is 5.05. The molecular formula is C29H44N4O2. The highest BCUT2D eigenvalue weighted by molar-refractivity contribution is 5.97. The lowest BCUT2D eigenvalue weighted by Gasteiger charge is -2.40. The van der Waals surface area contributed by atoms with Crippen molar-refractivity contribution < 1.29 is 4.79 Å². The monoisotopic (exact) mass is 480 g/mol. The summed E-state index contributed by atoms with van der Waals surface area (Å²) in [6.45, 7) is 13.5. The first-order valence-corrected chi connectivity index (χ1v) is 13.1. The molecule has 1 aromatic heterocycles. The maximum atomic E-state index is 13.4. The van der Waals surface area contributed by atoms with Crippen LogP contribution in [0.3, 0.4) is 0 Å². The summed E-state index contributed by atoms with van der Waals surface area (Å²) in [4.78, 5) is 33.5. The molecule has 1 aromatic carbocycles. The molecule has 35 heavy (non-hydrogen) atoms. The number of hydrogen-bond acceptors (Lipinski definition) is 4. The first-order chi connectivity index (χ1) is 16.5. The second-order valence-electron chi connectivity index (χ2n) is 10.7. The van der Waals surface area contributed by atoms with E-state index < -0.39 is 0 Å². The summed E-state index contributed by atoms with van der Waals surface area (Å²) in [5.74, 6) is 0.185. The van der Waals surface area contributed by atoms with Crippen molar-refractivity contribution in [1.82, 2.24) is 15.2 Å². The van der Waals surface area contributed by atoms with Crippen molar-refractivity contribution in [3.63, 3.8) is 0 Å². The smallest absolute Gasteiger partial charge is 0.253 e. The molecule has 1 heterocycles. The normalized spacial score (nSPS) is 18.2. The van der Waals surface area contributed by atoms with Crippen molar-refractivity contribution in [2.75, 3.05) is 25.5 Å². The predicted molar refractivity (Wildman–Crippen MR) is 146 cm³/mol. The van der Waals surface area contributed by atoms with Gasteiger partial charge in [0.15, 0.2) is 0 Å². The lowest BCUT2D eigenvalue weighted by atomic mass is 9.88. The van der Waals surface area contributed by atoms with Gasteiger partial charge in [-0.15, -0.1) is 0 Å². The number of benzene rings is 1. The van der Waals surface area contributed by atoms with Crippen LogP contribution in [0.2, 0.25) is 0 Å². The van der Waals surface area contributed by atoms with E-state index in [0.717, 1.165) is 23.4 Å². The second-order valence-corrected chi connectivity index (χ2v) is 10.7. The molecule has 0 saturated heterocycles.